The fraction of sp³-hybridized carbons (Fsp3) is 0.500. The Morgan fingerprint density at radius 2 is 2.11 bits per heavy atom. The van der Waals surface area contributed by atoms with Crippen molar-refractivity contribution < 1.29 is 9.18 Å². The fourth-order valence-corrected chi connectivity index (χ4v) is 2.89. The number of hydrogen-bond acceptors (Lipinski definition) is 1. The molecule has 0 spiro atoms. The van der Waals surface area contributed by atoms with Crippen LogP contribution in [-0.4, -0.2) is 28.7 Å². The highest BCUT2D eigenvalue weighted by Crippen LogP contribution is 2.25. The average Bonchev–Trinajstić information content (AvgIpc) is 2.38. The van der Waals surface area contributed by atoms with E-state index in [0.717, 1.165) is 25.9 Å². The van der Waals surface area contributed by atoms with Gasteiger partial charge in [-0.05, 0) is 37.0 Å². The van der Waals surface area contributed by atoms with Crippen LogP contribution in [0.25, 0.3) is 0 Å². The van der Waals surface area contributed by atoms with Gasteiger partial charge >= 0.3 is 0 Å². The molecule has 0 aliphatic carbocycles. The Labute approximate surface area is 115 Å². The Morgan fingerprint density at radius 1 is 1.44 bits per heavy atom. The second kappa shape index (κ2) is 5.83. The fourth-order valence-electron chi connectivity index (χ4n) is 2.37. The number of alkyl halides is 1. The third-order valence-electron chi connectivity index (χ3n) is 3.55. The lowest BCUT2D eigenvalue weighted by Crippen LogP contribution is -2.39. The molecule has 18 heavy (non-hydrogen) atoms. The second-order valence-corrected chi connectivity index (χ2v) is 6.26. The van der Waals surface area contributed by atoms with E-state index in [1.54, 1.807) is 12.1 Å². The van der Waals surface area contributed by atoms with Gasteiger partial charge in [-0.2, -0.15) is 0 Å². The Kier molecular flexibility index (Phi) is 4.38. The van der Waals surface area contributed by atoms with Crippen LogP contribution in [0.15, 0.2) is 24.3 Å². The van der Waals surface area contributed by atoms with Gasteiger partial charge < -0.3 is 4.90 Å². The highest BCUT2D eigenvalue weighted by Gasteiger charge is 2.25. The van der Waals surface area contributed by atoms with Crippen LogP contribution in [0.2, 0.25) is 0 Å². The molecule has 0 saturated carbocycles. The Bertz CT molecular complexity index is 428. The van der Waals surface area contributed by atoms with Crippen LogP contribution in [0.5, 0.6) is 0 Å². The lowest BCUT2D eigenvalue weighted by molar-refractivity contribution is 0.0691. The SMILES string of the molecule is CC(Br)C1CCN(C(=O)c2cccc(F)c2)CC1. The van der Waals surface area contributed by atoms with Crippen molar-refractivity contribution in [1.29, 1.82) is 0 Å². The van der Waals surface area contributed by atoms with Crippen molar-refractivity contribution in [2.45, 2.75) is 24.6 Å². The van der Waals surface area contributed by atoms with E-state index in [9.17, 15) is 9.18 Å². The molecule has 0 N–H and O–H groups in total. The van der Waals surface area contributed by atoms with Crippen molar-refractivity contribution in [3.8, 4) is 0 Å². The predicted octanol–water partition coefficient (Wildman–Crippen LogP) is 3.46. The van der Waals surface area contributed by atoms with E-state index in [1.165, 1.54) is 12.1 Å². The molecule has 1 aliphatic rings. The van der Waals surface area contributed by atoms with Crippen LogP contribution in [-0.2, 0) is 0 Å². The lowest BCUT2D eigenvalue weighted by Gasteiger charge is -2.33. The molecule has 0 radical (unpaired) electrons. The van der Waals surface area contributed by atoms with Gasteiger partial charge in [-0.1, -0.05) is 28.9 Å². The minimum Gasteiger partial charge on any atom is -0.339 e. The van der Waals surface area contributed by atoms with Crippen LogP contribution in [0, 0.1) is 11.7 Å². The molecule has 1 aromatic carbocycles. The summed E-state index contributed by atoms with van der Waals surface area (Å²) < 4.78 is 13.1. The smallest absolute Gasteiger partial charge is 0.253 e. The van der Waals surface area contributed by atoms with E-state index < -0.39 is 0 Å². The summed E-state index contributed by atoms with van der Waals surface area (Å²) in [4.78, 5) is 14.5. The van der Waals surface area contributed by atoms with Gasteiger partial charge in [-0.25, -0.2) is 4.39 Å². The van der Waals surface area contributed by atoms with E-state index in [4.69, 9.17) is 0 Å². The molecular formula is C14H17BrFNO. The second-order valence-electron chi connectivity index (χ2n) is 4.82. The first-order chi connectivity index (χ1) is 8.58. The average molecular weight is 314 g/mol. The summed E-state index contributed by atoms with van der Waals surface area (Å²) in [6, 6.07) is 5.91. The van der Waals surface area contributed by atoms with Crippen molar-refractivity contribution in [2.75, 3.05) is 13.1 Å². The van der Waals surface area contributed by atoms with Crippen molar-refractivity contribution >= 4 is 21.8 Å². The van der Waals surface area contributed by atoms with Crippen LogP contribution in [0.4, 0.5) is 4.39 Å². The molecule has 2 rings (SSSR count). The first-order valence-corrected chi connectivity index (χ1v) is 7.18. The summed E-state index contributed by atoms with van der Waals surface area (Å²) >= 11 is 3.59. The normalized spacial score (nSPS) is 18.7. The van der Waals surface area contributed by atoms with E-state index in [1.807, 2.05) is 4.90 Å². The standard InChI is InChI=1S/C14H17BrFNO/c1-10(15)11-5-7-17(8-6-11)14(18)12-3-2-4-13(16)9-12/h2-4,9-11H,5-8H2,1H3. The first kappa shape index (κ1) is 13.5. The zero-order valence-corrected chi connectivity index (χ0v) is 12.0. The number of rotatable bonds is 2. The zero-order chi connectivity index (χ0) is 13.1. The summed E-state index contributed by atoms with van der Waals surface area (Å²) in [6.07, 6.45) is 2.01. The number of carbonyl (C=O) groups is 1. The summed E-state index contributed by atoms with van der Waals surface area (Å²) in [5, 5.41) is 0. The van der Waals surface area contributed by atoms with Crippen molar-refractivity contribution in [3.63, 3.8) is 0 Å². The molecule has 4 heteroatoms. The molecular weight excluding hydrogens is 297 g/mol. The number of piperidine rings is 1. The molecule has 1 aromatic rings. The van der Waals surface area contributed by atoms with Crippen LogP contribution in [0.3, 0.4) is 0 Å². The Hall–Kier alpha value is -0.900. The molecule has 1 amide bonds. The van der Waals surface area contributed by atoms with Gasteiger partial charge in [0.05, 0.1) is 0 Å². The molecule has 1 heterocycles. The minimum absolute atomic E-state index is 0.0600. The number of carbonyl (C=O) groups excluding carboxylic acids is 1. The van der Waals surface area contributed by atoms with Gasteiger partial charge in [0, 0.05) is 23.5 Å². The molecule has 1 unspecified atom stereocenters. The van der Waals surface area contributed by atoms with Crippen LogP contribution < -0.4 is 0 Å². The maximum Gasteiger partial charge on any atom is 0.253 e. The van der Waals surface area contributed by atoms with Gasteiger partial charge in [0.2, 0.25) is 0 Å². The molecule has 1 fully saturated rings. The van der Waals surface area contributed by atoms with E-state index in [2.05, 4.69) is 22.9 Å². The number of likely N-dealkylation sites (tertiary alicyclic amines) is 1. The van der Waals surface area contributed by atoms with E-state index >= 15 is 0 Å². The minimum atomic E-state index is -0.357. The molecule has 0 bridgehead atoms. The van der Waals surface area contributed by atoms with Gasteiger partial charge in [0.1, 0.15) is 5.82 Å². The summed E-state index contributed by atoms with van der Waals surface area (Å²) in [5.41, 5.74) is 0.445. The molecule has 98 valence electrons. The monoisotopic (exact) mass is 313 g/mol. The third-order valence-corrected chi connectivity index (χ3v) is 4.30. The number of nitrogens with zero attached hydrogens (tertiary/aromatic N) is 1. The maximum absolute atomic E-state index is 13.1. The topological polar surface area (TPSA) is 20.3 Å². The van der Waals surface area contributed by atoms with Crippen molar-refractivity contribution in [3.05, 3.63) is 35.6 Å². The molecule has 2 nitrogen and oxygen atoms in total. The summed E-state index contributed by atoms with van der Waals surface area (Å²) in [7, 11) is 0. The van der Waals surface area contributed by atoms with E-state index in [-0.39, 0.29) is 11.7 Å². The summed E-state index contributed by atoms with van der Waals surface area (Å²) in [5.74, 6) is 0.210. The highest BCUT2D eigenvalue weighted by molar-refractivity contribution is 9.09. The van der Waals surface area contributed by atoms with Gasteiger partial charge in [-0.15, -0.1) is 0 Å². The van der Waals surface area contributed by atoms with Gasteiger partial charge in [-0.3, -0.25) is 4.79 Å². The highest BCUT2D eigenvalue weighted by atomic mass is 79.9. The quantitative estimate of drug-likeness (QED) is 0.766. The maximum atomic E-state index is 13.1. The molecule has 0 aromatic heterocycles. The first-order valence-electron chi connectivity index (χ1n) is 6.27. The molecule has 1 aliphatic heterocycles. The molecule has 1 saturated heterocycles. The zero-order valence-electron chi connectivity index (χ0n) is 10.4. The van der Waals surface area contributed by atoms with E-state index in [0.29, 0.717) is 16.3 Å². The number of halogens is 2. The van der Waals surface area contributed by atoms with Crippen molar-refractivity contribution in [1.82, 2.24) is 4.90 Å². The van der Waals surface area contributed by atoms with Crippen LogP contribution >= 0.6 is 15.9 Å². The number of amides is 1. The number of hydrogen-bond donors (Lipinski definition) is 0. The summed E-state index contributed by atoms with van der Waals surface area (Å²) in [6.45, 7) is 3.67. The Morgan fingerprint density at radius 3 is 2.67 bits per heavy atom. The third kappa shape index (κ3) is 3.10. The Balaban J connectivity index is 1.99. The van der Waals surface area contributed by atoms with Gasteiger partial charge in [0.25, 0.3) is 5.91 Å². The lowest BCUT2D eigenvalue weighted by atomic mass is 9.94. The van der Waals surface area contributed by atoms with Crippen molar-refractivity contribution in [2.24, 2.45) is 5.92 Å². The number of benzene rings is 1. The van der Waals surface area contributed by atoms with Gasteiger partial charge in [0.15, 0.2) is 0 Å². The predicted molar refractivity (Wildman–Crippen MR) is 73.4 cm³/mol. The van der Waals surface area contributed by atoms with Crippen LogP contribution in [0.1, 0.15) is 30.1 Å². The largest absolute Gasteiger partial charge is 0.339 e. The molecule has 1 atom stereocenters.